The zero-order valence-corrected chi connectivity index (χ0v) is 11.1. The monoisotopic (exact) mass is 249 g/mol. The fraction of sp³-hybridized carbons (Fsp3) is 0.154. The standard InChI is InChI=1S/C13H13N3O2.Li/c1-8-3-5-10(6-4-8)16-13-14-7-11(12(17)18)9(2)15-13;/h3-7H,1-2H3,(H,17,18)(H,14,15,16);/q;+1/p-1. The molecule has 0 saturated carbocycles. The molecule has 0 aliphatic heterocycles. The molecule has 2 aromatic rings. The number of carbonyl (C=O) groups is 1. The van der Waals surface area contributed by atoms with E-state index in [2.05, 4.69) is 15.3 Å². The number of aromatic carboxylic acids is 1. The maximum atomic E-state index is 10.7. The predicted molar refractivity (Wildman–Crippen MR) is 65.6 cm³/mol. The summed E-state index contributed by atoms with van der Waals surface area (Å²) in [7, 11) is 0. The Hall–Kier alpha value is -1.83. The molecule has 6 heteroatoms. The van der Waals surface area contributed by atoms with Crippen molar-refractivity contribution in [3.05, 3.63) is 47.3 Å². The molecule has 0 atom stereocenters. The molecule has 0 radical (unpaired) electrons. The Kier molecular flexibility index (Phi) is 5.10. The molecule has 1 N–H and O–H groups in total. The van der Waals surface area contributed by atoms with Gasteiger partial charge in [0.15, 0.2) is 0 Å². The second-order valence-electron chi connectivity index (χ2n) is 3.97. The van der Waals surface area contributed by atoms with E-state index >= 15 is 0 Å². The summed E-state index contributed by atoms with van der Waals surface area (Å²) in [6, 6.07) is 7.73. The van der Waals surface area contributed by atoms with E-state index in [1.807, 2.05) is 31.2 Å². The van der Waals surface area contributed by atoms with Gasteiger partial charge in [0.05, 0.1) is 11.7 Å². The summed E-state index contributed by atoms with van der Waals surface area (Å²) >= 11 is 0. The van der Waals surface area contributed by atoms with Gasteiger partial charge in [-0.3, -0.25) is 0 Å². The van der Waals surface area contributed by atoms with Crippen molar-refractivity contribution in [3.63, 3.8) is 0 Å². The van der Waals surface area contributed by atoms with Crippen LogP contribution in [0.25, 0.3) is 0 Å². The van der Waals surface area contributed by atoms with Crippen LogP contribution in [-0.2, 0) is 0 Å². The molecule has 0 fully saturated rings. The minimum absolute atomic E-state index is 0. The Labute approximate surface area is 123 Å². The van der Waals surface area contributed by atoms with Crippen molar-refractivity contribution in [2.24, 2.45) is 0 Å². The summed E-state index contributed by atoms with van der Waals surface area (Å²) in [6.07, 6.45) is 1.24. The molecule has 92 valence electrons. The Morgan fingerprint density at radius 3 is 2.37 bits per heavy atom. The smallest absolute Gasteiger partial charge is 0.545 e. The first kappa shape index (κ1) is 15.2. The van der Waals surface area contributed by atoms with Gasteiger partial charge in [0, 0.05) is 17.4 Å². The van der Waals surface area contributed by atoms with E-state index < -0.39 is 5.97 Å². The summed E-state index contributed by atoms with van der Waals surface area (Å²) in [5.74, 6) is -0.907. The predicted octanol–water partition coefficient (Wildman–Crippen LogP) is -1.80. The molecule has 0 saturated heterocycles. The molecule has 5 nitrogen and oxygen atoms in total. The second kappa shape index (κ2) is 6.37. The molecule has 0 aliphatic rings. The van der Waals surface area contributed by atoms with Crippen LogP contribution in [0.3, 0.4) is 0 Å². The Balaban J connectivity index is 0.00000180. The van der Waals surface area contributed by atoms with Crippen molar-refractivity contribution in [2.45, 2.75) is 13.8 Å². The summed E-state index contributed by atoms with van der Waals surface area (Å²) in [5.41, 5.74) is 2.38. The van der Waals surface area contributed by atoms with Gasteiger partial charge in [0.25, 0.3) is 0 Å². The number of carboxylic acid groups (broad SMARTS) is 1. The van der Waals surface area contributed by atoms with Crippen LogP contribution in [-0.4, -0.2) is 15.9 Å². The Morgan fingerprint density at radius 2 is 1.84 bits per heavy atom. The quantitative estimate of drug-likeness (QED) is 0.650. The average Bonchev–Trinajstić information content (AvgIpc) is 2.32. The van der Waals surface area contributed by atoms with Crippen LogP contribution < -0.4 is 29.3 Å². The van der Waals surface area contributed by atoms with Crippen LogP contribution in [0.15, 0.2) is 30.5 Å². The van der Waals surface area contributed by atoms with Crippen molar-refractivity contribution >= 4 is 17.6 Å². The molecule has 19 heavy (non-hydrogen) atoms. The number of aryl methyl sites for hydroxylation is 2. The first-order valence-electron chi connectivity index (χ1n) is 5.45. The molecule has 0 spiro atoms. The maximum absolute atomic E-state index is 10.7. The number of rotatable bonds is 3. The van der Waals surface area contributed by atoms with Crippen molar-refractivity contribution < 1.29 is 28.8 Å². The number of aromatic nitrogens is 2. The largest absolute Gasteiger partial charge is 1.00 e. The summed E-state index contributed by atoms with van der Waals surface area (Å²) in [6.45, 7) is 3.60. The van der Waals surface area contributed by atoms with Crippen molar-refractivity contribution in [2.75, 3.05) is 5.32 Å². The van der Waals surface area contributed by atoms with Gasteiger partial charge in [-0.25, -0.2) is 9.97 Å². The number of hydrogen-bond donors (Lipinski definition) is 1. The topological polar surface area (TPSA) is 77.9 Å². The van der Waals surface area contributed by atoms with Gasteiger partial charge in [-0.2, -0.15) is 0 Å². The second-order valence-corrected chi connectivity index (χ2v) is 3.97. The van der Waals surface area contributed by atoms with Gasteiger partial charge in [-0.05, 0) is 26.0 Å². The summed E-state index contributed by atoms with van der Waals surface area (Å²) in [4.78, 5) is 18.7. The number of benzene rings is 1. The van der Waals surface area contributed by atoms with Crippen LogP contribution >= 0.6 is 0 Å². The molecule has 1 aromatic carbocycles. The van der Waals surface area contributed by atoms with Crippen LogP contribution in [0, 0.1) is 13.8 Å². The molecule has 0 aliphatic carbocycles. The summed E-state index contributed by atoms with van der Waals surface area (Å²) < 4.78 is 0. The van der Waals surface area contributed by atoms with E-state index in [1.54, 1.807) is 6.92 Å². The van der Waals surface area contributed by atoms with E-state index in [1.165, 1.54) is 6.20 Å². The first-order valence-corrected chi connectivity index (χ1v) is 5.45. The zero-order chi connectivity index (χ0) is 13.1. The van der Waals surface area contributed by atoms with Gasteiger partial charge < -0.3 is 15.2 Å². The SMILES string of the molecule is Cc1ccc(Nc2ncc(C(=O)[O-])c(C)n2)cc1.[Li+]. The van der Waals surface area contributed by atoms with Gasteiger partial charge >= 0.3 is 18.9 Å². The average molecular weight is 249 g/mol. The summed E-state index contributed by atoms with van der Waals surface area (Å²) in [5, 5.41) is 13.7. The van der Waals surface area contributed by atoms with Gasteiger partial charge in [-0.1, -0.05) is 17.7 Å². The molecular formula is C13H12LiN3O2. The van der Waals surface area contributed by atoms with Crippen LogP contribution in [0.1, 0.15) is 21.6 Å². The van der Waals surface area contributed by atoms with Gasteiger partial charge in [0.1, 0.15) is 0 Å². The minimum atomic E-state index is -1.27. The van der Waals surface area contributed by atoms with Crippen LogP contribution in [0.2, 0.25) is 0 Å². The third-order valence-corrected chi connectivity index (χ3v) is 2.51. The van der Waals surface area contributed by atoms with E-state index in [9.17, 15) is 9.90 Å². The minimum Gasteiger partial charge on any atom is -0.545 e. The van der Waals surface area contributed by atoms with Crippen molar-refractivity contribution in [3.8, 4) is 0 Å². The number of nitrogens with zero attached hydrogens (tertiary/aromatic N) is 2. The molecular weight excluding hydrogens is 237 g/mol. The van der Waals surface area contributed by atoms with Gasteiger partial charge in [-0.15, -0.1) is 0 Å². The molecule has 0 amide bonds. The number of anilines is 2. The fourth-order valence-electron chi connectivity index (χ4n) is 1.49. The van der Waals surface area contributed by atoms with E-state index in [0.29, 0.717) is 11.6 Å². The molecule has 2 rings (SSSR count). The molecule has 0 unspecified atom stereocenters. The first-order chi connectivity index (χ1) is 8.56. The van der Waals surface area contributed by atoms with Crippen molar-refractivity contribution in [1.82, 2.24) is 9.97 Å². The third kappa shape index (κ3) is 3.81. The van der Waals surface area contributed by atoms with E-state index in [4.69, 9.17) is 0 Å². The van der Waals surface area contributed by atoms with E-state index in [-0.39, 0.29) is 24.4 Å². The van der Waals surface area contributed by atoms with Crippen LogP contribution in [0.5, 0.6) is 0 Å². The number of carboxylic acids is 1. The molecule has 1 aromatic heterocycles. The van der Waals surface area contributed by atoms with Crippen molar-refractivity contribution in [1.29, 1.82) is 0 Å². The number of nitrogens with one attached hydrogen (secondary N) is 1. The van der Waals surface area contributed by atoms with E-state index in [0.717, 1.165) is 11.3 Å². The zero-order valence-electron chi connectivity index (χ0n) is 11.1. The van der Waals surface area contributed by atoms with Gasteiger partial charge in [0.2, 0.25) is 5.95 Å². The molecule has 1 heterocycles. The number of carbonyl (C=O) groups excluding carboxylic acids is 1. The maximum Gasteiger partial charge on any atom is 1.00 e. The fourth-order valence-corrected chi connectivity index (χ4v) is 1.49. The third-order valence-electron chi connectivity index (χ3n) is 2.51. The Morgan fingerprint density at radius 1 is 1.21 bits per heavy atom. The normalized spacial score (nSPS) is 9.58. The number of hydrogen-bond acceptors (Lipinski definition) is 5. The molecule has 0 bridgehead atoms. The van der Waals surface area contributed by atoms with Crippen LogP contribution in [0.4, 0.5) is 11.6 Å². The Bertz CT molecular complexity index is 585.